The zero-order valence-electron chi connectivity index (χ0n) is 9.24. The second-order valence-electron chi connectivity index (χ2n) is 3.83. The van der Waals surface area contributed by atoms with Crippen molar-refractivity contribution in [2.45, 2.75) is 13.8 Å². The summed E-state index contributed by atoms with van der Waals surface area (Å²) in [4.78, 5) is 13.8. The monoisotopic (exact) mass is 215 g/mol. The van der Waals surface area contributed by atoms with Gasteiger partial charge in [0.15, 0.2) is 0 Å². The molecule has 3 nitrogen and oxygen atoms in total. The van der Waals surface area contributed by atoms with Gasteiger partial charge in [0.25, 0.3) is 0 Å². The number of aryl methyl sites for hydroxylation is 2. The van der Waals surface area contributed by atoms with Crippen LogP contribution in [0, 0.1) is 13.8 Å². The number of hydrogen-bond acceptors (Lipinski definition) is 1. The molecule has 0 atom stereocenters. The van der Waals surface area contributed by atoms with Crippen LogP contribution in [0.4, 0.5) is 0 Å². The average molecular weight is 215 g/mol. The molecule has 0 radical (unpaired) electrons. The molecular formula is C13H13NO2. The topological polar surface area (TPSA) is 53.1 Å². The maximum atomic E-state index is 10.5. The van der Waals surface area contributed by atoms with Crippen molar-refractivity contribution in [3.05, 3.63) is 41.1 Å². The van der Waals surface area contributed by atoms with Gasteiger partial charge in [-0.1, -0.05) is 12.1 Å². The lowest BCUT2D eigenvalue weighted by molar-refractivity contribution is -0.131. The number of carboxylic acid groups (broad SMARTS) is 1. The summed E-state index contributed by atoms with van der Waals surface area (Å²) in [5, 5.41) is 9.74. The molecule has 3 heteroatoms. The van der Waals surface area contributed by atoms with Crippen LogP contribution in [0.5, 0.6) is 0 Å². The van der Waals surface area contributed by atoms with E-state index >= 15 is 0 Å². The van der Waals surface area contributed by atoms with Gasteiger partial charge in [0, 0.05) is 28.2 Å². The lowest BCUT2D eigenvalue weighted by Gasteiger charge is -1.97. The van der Waals surface area contributed by atoms with E-state index in [2.05, 4.69) is 4.98 Å². The molecule has 1 aromatic carbocycles. The van der Waals surface area contributed by atoms with E-state index in [1.165, 1.54) is 6.08 Å². The van der Waals surface area contributed by atoms with Crippen LogP contribution in [0.1, 0.15) is 16.8 Å². The van der Waals surface area contributed by atoms with Gasteiger partial charge in [-0.15, -0.1) is 0 Å². The molecule has 1 aromatic heterocycles. The van der Waals surface area contributed by atoms with Crippen LogP contribution >= 0.6 is 0 Å². The number of H-pyrrole nitrogens is 1. The summed E-state index contributed by atoms with van der Waals surface area (Å²) < 4.78 is 0. The third-order valence-corrected chi connectivity index (χ3v) is 2.66. The maximum Gasteiger partial charge on any atom is 0.328 e. The highest BCUT2D eigenvalue weighted by Gasteiger charge is 2.07. The number of aliphatic carboxylic acids is 1. The van der Waals surface area contributed by atoms with Gasteiger partial charge in [-0.25, -0.2) is 4.79 Å². The number of carboxylic acids is 1. The first-order valence-electron chi connectivity index (χ1n) is 5.08. The molecule has 0 fully saturated rings. The van der Waals surface area contributed by atoms with Gasteiger partial charge in [-0.2, -0.15) is 0 Å². The van der Waals surface area contributed by atoms with Crippen molar-refractivity contribution in [3.8, 4) is 0 Å². The Hall–Kier alpha value is -2.03. The van der Waals surface area contributed by atoms with E-state index in [4.69, 9.17) is 5.11 Å². The zero-order valence-corrected chi connectivity index (χ0v) is 9.24. The van der Waals surface area contributed by atoms with Gasteiger partial charge >= 0.3 is 5.97 Å². The van der Waals surface area contributed by atoms with Gasteiger partial charge in [-0.3, -0.25) is 0 Å². The summed E-state index contributed by atoms with van der Waals surface area (Å²) in [5.74, 6) is -0.928. The van der Waals surface area contributed by atoms with Crippen LogP contribution < -0.4 is 0 Å². The van der Waals surface area contributed by atoms with E-state index in [-0.39, 0.29) is 0 Å². The third-order valence-electron chi connectivity index (χ3n) is 2.66. The molecular weight excluding hydrogens is 202 g/mol. The summed E-state index contributed by atoms with van der Waals surface area (Å²) >= 11 is 0. The van der Waals surface area contributed by atoms with Crippen molar-refractivity contribution in [3.63, 3.8) is 0 Å². The Balaban J connectivity index is 2.68. The minimum Gasteiger partial charge on any atom is -0.478 e. The van der Waals surface area contributed by atoms with Gasteiger partial charge in [0.2, 0.25) is 0 Å². The first-order valence-corrected chi connectivity index (χ1v) is 5.08. The molecule has 0 amide bonds. The van der Waals surface area contributed by atoms with E-state index in [0.29, 0.717) is 0 Å². The number of aromatic amines is 1. The summed E-state index contributed by atoms with van der Waals surface area (Å²) in [7, 11) is 0. The van der Waals surface area contributed by atoms with Gasteiger partial charge in [0.05, 0.1) is 0 Å². The quantitative estimate of drug-likeness (QED) is 0.757. The van der Waals surface area contributed by atoms with Crippen LogP contribution in [-0.2, 0) is 4.79 Å². The van der Waals surface area contributed by atoms with E-state index in [1.807, 2.05) is 32.0 Å². The Kier molecular flexibility index (Phi) is 2.52. The van der Waals surface area contributed by atoms with Crippen molar-refractivity contribution in [1.29, 1.82) is 0 Å². The minimum atomic E-state index is -0.928. The number of hydrogen-bond donors (Lipinski definition) is 2. The molecule has 0 spiro atoms. The van der Waals surface area contributed by atoms with E-state index < -0.39 is 5.97 Å². The molecule has 0 unspecified atom stereocenters. The van der Waals surface area contributed by atoms with E-state index in [1.54, 1.807) is 6.08 Å². The normalized spacial score (nSPS) is 11.4. The molecule has 0 aliphatic carbocycles. The van der Waals surface area contributed by atoms with E-state index in [0.717, 1.165) is 27.7 Å². The van der Waals surface area contributed by atoms with Crippen LogP contribution in [0.15, 0.2) is 24.3 Å². The molecule has 0 saturated heterocycles. The van der Waals surface area contributed by atoms with Gasteiger partial charge in [0.1, 0.15) is 0 Å². The van der Waals surface area contributed by atoms with E-state index in [9.17, 15) is 4.79 Å². The second-order valence-corrected chi connectivity index (χ2v) is 3.83. The van der Waals surface area contributed by atoms with Crippen molar-refractivity contribution in [1.82, 2.24) is 4.98 Å². The average Bonchev–Trinajstić information content (AvgIpc) is 2.52. The smallest absolute Gasteiger partial charge is 0.328 e. The Morgan fingerprint density at radius 1 is 1.38 bits per heavy atom. The van der Waals surface area contributed by atoms with Crippen LogP contribution in [0.25, 0.3) is 17.0 Å². The third kappa shape index (κ3) is 1.72. The Morgan fingerprint density at radius 2 is 2.12 bits per heavy atom. The summed E-state index contributed by atoms with van der Waals surface area (Å²) in [6, 6.07) is 6.00. The van der Waals surface area contributed by atoms with Gasteiger partial charge in [-0.05, 0) is 31.6 Å². The predicted molar refractivity (Wildman–Crippen MR) is 64.4 cm³/mol. The molecule has 2 N–H and O–H groups in total. The number of benzene rings is 1. The summed E-state index contributed by atoms with van der Waals surface area (Å²) in [6.45, 7) is 3.97. The Bertz CT molecular complexity index is 579. The van der Waals surface area contributed by atoms with Crippen LogP contribution in [0.2, 0.25) is 0 Å². The number of aromatic nitrogens is 1. The number of nitrogens with one attached hydrogen (secondary N) is 1. The summed E-state index contributed by atoms with van der Waals surface area (Å²) in [5.41, 5.74) is 4.13. The largest absolute Gasteiger partial charge is 0.478 e. The lowest BCUT2D eigenvalue weighted by Crippen LogP contribution is -1.86. The molecule has 0 bridgehead atoms. The number of carbonyl (C=O) groups is 1. The molecule has 0 aliphatic rings. The fourth-order valence-corrected chi connectivity index (χ4v) is 1.95. The Morgan fingerprint density at radius 3 is 2.81 bits per heavy atom. The lowest BCUT2D eigenvalue weighted by atomic mass is 10.1. The summed E-state index contributed by atoms with van der Waals surface area (Å²) in [6.07, 6.45) is 2.81. The minimum absolute atomic E-state index is 0.928. The molecule has 16 heavy (non-hydrogen) atoms. The first-order chi connectivity index (χ1) is 7.59. The molecule has 1 heterocycles. The highest BCUT2D eigenvalue weighted by molar-refractivity contribution is 5.96. The second kappa shape index (κ2) is 3.85. The van der Waals surface area contributed by atoms with Crippen molar-refractivity contribution in [2.24, 2.45) is 0 Å². The SMILES string of the molecule is Cc1[nH]c2cccc(C)c2c1/C=C/C(=O)O. The number of fused-ring (bicyclic) bond motifs is 1. The van der Waals surface area contributed by atoms with Gasteiger partial charge < -0.3 is 10.1 Å². The van der Waals surface area contributed by atoms with Crippen LogP contribution in [-0.4, -0.2) is 16.1 Å². The fourth-order valence-electron chi connectivity index (χ4n) is 1.95. The molecule has 2 aromatic rings. The van der Waals surface area contributed by atoms with Crippen molar-refractivity contribution >= 4 is 22.9 Å². The molecule has 82 valence electrons. The van der Waals surface area contributed by atoms with Crippen LogP contribution in [0.3, 0.4) is 0 Å². The van der Waals surface area contributed by atoms with Crippen molar-refractivity contribution < 1.29 is 9.90 Å². The first kappa shape index (κ1) is 10.5. The molecule has 2 rings (SSSR count). The maximum absolute atomic E-state index is 10.5. The van der Waals surface area contributed by atoms with Crippen molar-refractivity contribution in [2.75, 3.05) is 0 Å². The fraction of sp³-hybridized carbons (Fsp3) is 0.154. The predicted octanol–water partition coefficient (Wildman–Crippen LogP) is 2.88. The standard InChI is InChI=1S/C13H13NO2/c1-8-4-3-5-11-13(8)10(9(2)14-11)6-7-12(15)16/h3-7,14H,1-2H3,(H,15,16)/b7-6+. The molecule has 0 aliphatic heterocycles. The zero-order chi connectivity index (χ0) is 11.7. The molecule has 0 saturated carbocycles. The number of rotatable bonds is 2. The highest BCUT2D eigenvalue weighted by Crippen LogP contribution is 2.26. The Labute approximate surface area is 93.4 Å². The highest BCUT2D eigenvalue weighted by atomic mass is 16.4.